The molecule has 0 unspecified atom stereocenters. The highest BCUT2D eigenvalue weighted by atomic mass is 16.6. The van der Waals surface area contributed by atoms with E-state index in [4.69, 9.17) is 4.74 Å². The first kappa shape index (κ1) is 19.1. The summed E-state index contributed by atoms with van der Waals surface area (Å²) in [4.78, 5) is 21.9. The molecular formula is C19H21N3O4. The van der Waals surface area contributed by atoms with Gasteiger partial charge < -0.3 is 4.74 Å². The largest absolute Gasteiger partial charge is 0.484 e. The van der Waals surface area contributed by atoms with E-state index in [1.54, 1.807) is 12.1 Å². The van der Waals surface area contributed by atoms with Gasteiger partial charge >= 0.3 is 0 Å². The second-order valence-electron chi connectivity index (χ2n) is 5.68. The van der Waals surface area contributed by atoms with Crippen molar-refractivity contribution in [2.24, 2.45) is 5.10 Å². The first-order valence-electron chi connectivity index (χ1n) is 8.36. The molecule has 1 amide bonds. The van der Waals surface area contributed by atoms with E-state index in [0.29, 0.717) is 11.3 Å². The lowest BCUT2D eigenvalue weighted by atomic mass is 10.1. The fourth-order valence-corrected chi connectivity index (χ4v) is 2.21. The van der Waals surface area contributed by atoms with Crippen molar-refractivity contribution in [1.29, 1.82) is 0 Å². The van der Waals surface area contributed by atoms with Crippen molar-refractivity contribution in [3.8, 4) is 5.75 Å². The van der Waals surface area contributed by atoms with Crippen LogP contribution in [0.5, 0.6) is 5.75 Å². The maximum absolute atomic E-state index is 11.7. The van der Waals surface area contributed by atoms with Gasteiger partial charge in [0.25, 0.3) is 11.6 Å². The van der Waals surface area contributed by atoms with E-state index in [1.807, 2.05) is 24.3 Å². The Morgan fingerprint density at radius 3 is 2.73 bits per heavy atom. The summed E-state index contributed by atoms with van der Waals surface area (Å²) in [6.45, 7) is 1.98. The van der Waals surface area contributed by atoms with Crippen molar-refractivity contribution < 1.29 is 14.5 Å². The van der Waals surface area contributed by atoms with Crippen molar-refractivity contribution in [3.63, 3.8) is 0 Å². The summed E-state index contributed by atoms with van der Waals surface area (Å²) in [7, 11) is 0. The van der Waals surface area contributed by atoms with E-state index < -0.39 is 10.8 Å². The highest BCUT2D eigenvalue weighted by Gasteiger charge is 2.05. The minimum absolute atomic E-state index is 0.0361. The molecule has 0 saturated heterocycles. The molecule has 0 aliphatic heterocycles. The Labute approximate surface area is 151 Å². The number of nitrogens with one attached hydrogen (secondary N) is 1. The third-order valence-corrected chi connectivity index (χ3v) is 3.60. The molecule has 0 heterocycles. The molecule has 0 fully saturated rings. The summed E-state index contributed by atoms with van der Waals surface area (Å²) >= 11 is 0. The zero-order valence-corrected chi connectivity index (χ0v) is 14.6. The number of hydrogen-bond acceptors (Lipinski definition) is 5. The van der Waals surface area contributed by atoms with Crippen LogP contribution >= 0.6 is 0 Å². The Kier molecular flexibility index (Phi) is 7.30. The number of amides is 1. The lowest BCUT2D eigenvalue weighted by Crippen LogP contribution is -2.24. The van der Waals surface area contributed by atoms with Crippen LogP contribution < -0.4 is 10.2 Å². The van der Waals surface area contributed by atoms with Crippen LogP contribution in [0.4, 0.5) is 5.69 Å². The van der Waals surface area contributed by atoms with E-state index in [0.717, 1.165) is 19.3 Å². The number of aryl methyl sites for hydroxylation is 1. The number of hydrazone groups is 1. The quantitative estimate of drug-likeness (QED) is 0.423. The molecule has 2 rings (SSSR count). The fourth-order valence-electron chi connectivity index (χ4n) is 2.21. The molecule has 2 aromatic carbocycles. The van der Waals surface area contributed by atoms with Crippen LogP contribution in [0.15, 0.2) is 53.6 Å². The number of ether oxygens (including phenoxy) is 1. The Bertz CT molecular complexity index is 773. The van der Waals surface area contributed by atoms with E-state index in [-0.39, 0.29) is 12.3 Å². The van der Waals surface area contributed by atoms with Crippen molar-refractivity contribution in [3.05, 3.63) is 69.8 Å². The van der Waals surface area contributed by atoms with Crippen LogP contribution in [0.1, 0.15) is 30.9 Å². The molecule has 1 N–H and O–H groups in total. The lowest BCUT2D eigenvalue weighted by molar-refractivity contribution is -0.384. The molecule has 2 aromatic rings. The van der Waals surface area contributed by atoms with E-state index in [9.17, 15) is 14.9 Å². The van der Waals surface area contributed by atoms with Crippen LogP contribution in [0, 0.1) is 10.1 Å². The van der Waals surface area contributed by atoms with E-state index in [1.165, 1.54) is 23.9 Å². The number of carbonyl (C=O) groups excluding carboxylic acids is 1. The SMILES string of the molecule is CCCCc1ccc(OCC(=O)N/N=C/c2cccc([N+](=O)[O-])c2)cc1. The zero-order valence-electron chi connectivity index (χ0n) is 14.6. The molecule has 26 heavy (non-hydrogen) atoms. The number of nitro benzene ring substituents is 1. The number of nitrogens with zero attached hydrogens (tertiary/aromatic N) is 2. The number of nitro groups is 1. The second-order valence-corrected chi connectivity index (χ2v) is 5.68. The third-order valence-electron chi connectivity index (χ3n) is 3.60. The smallest absolute Gasteiger partial charge is 0.277 e. The molecule has 0 bridgehead atoms. The number of hydrogen-bond donors (Lipinski definition) is 1. The van der Waals surface area contributed by atoms with Crippen LogP contribution in [0.3, 0.4) is 0 Å². The lowest BCUT2D eigenvalue weighted by Gasteiger charge is -2.06. The van der Waals surface area contributed by atoms with Gasteiger partial charge in [-0.1, -0.05) is 37.6 Å². The van der Waals surface area contributed by atoms with Gasteiger partial charge in [0.2, 0.25) is 0 Å². The van der Waals surface area contributed by atoms with Crippen molar-refractivity contribution in [2.75, 3.05) is 6.61 Å². The van der Waals surface area contributed by atoms with Crippen LogP contribution in [-0.4, -0.2) is 23.7 Å². The Morgan fingerprint density at radius 1 is 1.27 bits per heavy atom. The maximum atomic E-state index is 11.7. The monoisotopic (exact) mass is 355 g/mol. The van der Waals surface area contributed by atoms with E-state index in [2.05, 4.69) is 17.5 Å². The molecular weight excluding hydrogens is 334 g/mol. The maximum Gasteiger partial charge on any atom is 0.277 e. The van der Waals surface area contributed by atoms with Crippen LogP contribution in [-0.2, 0) is 11.2 Å². The van der Waals surface area contributed by atoms with Gasteiger partial charge in [-0.3, -0.25) is 14.9 Å². The van der Waals surface area contributed by atoms with Gasteiger partial charge in [0.05, 0.1) is 11.1 Å². The number of rotatable bonds is 9. The average Bonchev–Trinajstić information content (AvgIpc) is 2.65. The minimum Gasteiger partial charge on any atom is -0.484 e. The van der Waals surface area contributed by atoms with Crippen LogP contribution in [0.25, 0.3) is 0 Å². The summed E-state index contributed by atoms with van der Waals surface area (Å²) in [5, 5.41) is 14.5. The molecule has 136 valence electrons. The molecule has 0 aliphatic carbocycles. The summed E-state index contributed by atoms with van der Waals surface area (Å²) in [5.41, 5.74) is 4.05. The Morgan fingerprint density at radius 2 is 2.04 bits per heavy atom. The van der Waals surface area contributed by atoms with Crippen LogP contribution in [0.2, 0.25) is 0 Å². The van der Waals surface area contributed by atoms with Gasteiger partial charge in [0.15, 0.2) is 6.61 Å². The molecule has 0 saturated carbocycles. The standard InChI is InChI=1S/C19H21N3O4/c1-2-3-5-15-8-10-18(11-9-15)26-14-19(23)21-20-13-16-6-4-7-17(12-16)22(24)25/h4,6-13H,2-3,5,14H2,1H3,(H,21,23)/b20-13+. The Balaban J connectivity index is 1.78. The number of carbonyl (C=O) groups is 1. The fraction of sp³-hybridized carbons (Fsp3) is 0.263. The number of non-ortho nitro benzene ring substituents is 1. The minimum atomic E-state index is -0.489. The summed E-state index contributed by atoms with van der Waals surface area (Å²) in [6.07, 6.45) is 4.66. The van der Waals surface area contributed by atoms with Crippen molar-refractivity contribution in [2.45, 2.75) is 26.2 Å². The summed E-state index contributed by atoms with van der Waals surface area (Å²) in [5.74, 6) is 0.199. The van der Waals surface area contributed by atoms with Gasteiger partial charge in [0.1, 0.15) is 5.75 Å². The highest BCUT2D eigenvalue weighted by Crippen LogP contribution is 2.14. The normalized spacial score (nSPS) is 10.7. The van der Waals surface area contributed by atoms with Gasteiger partial charge in [-0.05, 0) is 30.5 Å². The number of benzene rings is 2. The molecule has 7 heteroatoms. The van der Waals surface area contributed by atoms with Crippen molar-refractivity contribution in [1.82, 2.24) is 5.43 Å². The van der Waals surface area contributed by atoms with Gasteiger partial charge in [0, 0.05) is 17.7 Å². The molecule has 0 atom stereocenters. The zero-order chi connectivity index (χ0) is 18.8. The van der Waals surface area contributed by atoms with Crippen molar-refractivity contribution >= 4 is 17.8 Å². The second kappa shape index (κ2) is 9.93. The first-order valence-corrected chi connectivity index (χ1v) is 8.36. The topological polar surface area (TPSA) is 93.8 Å². The van der Waals surface area contributed by atoms with Gasteiger partial charge in [-0.15, -0.1) is 0 Å². The predicted molar refractivity (Wildman–Crippen MR) is 99.4 cm³/mol. The molecule has 0 aliphatic rings. The highest BCUT2D eigenvalue weighted by molar-refractivity contribution is 5.83. The van der Waals surface area contributed by atoms with E-state index >= 15 is 0 Å². The predicted octanol–water partition coefficient (Wildman–Crippen LogP) is 3.47. The number of unbranched alkanes of at least 4 members (excludes halogenated alkanes) is 1. The first-order chi connectivity index (χ1) is 12.6. The average molecular weight is 355 g/mol. The Hall–Kier alpha value is -3.22. The molecule has 0 spiro atoms. The summed E-state index contributed by atoms with van der Waals surface area (Å²) in [6, 6.07) is 13.6. The van der Waals surface area contributed by atoms with Gasteiger partial charge in [-0.2, -0.15) is 5.10 Å². The third kappa shape index (κ3) is 6.35. The molecule has 7 nitrogen and oxygen atoms in total. The van der Waals surface area contributed by atoms with Gasteiger partial charge in [-0.25, -0.2) is 5.43 Å². The summed E-state index contributed by atoms with van der Waals surface area (Å²) < 4.78 is 5.41. The molecule has 0 radical (unpaired) electrons. The molecule has 0 aromatic heterocycles.